The van der Waals surface area contributed by atoms with Crippen molar-refractivity contribution in [1.82, 2.24) is 4.98 Å². The Morgan fingerprint density at radius 2 is 1.64 bits per heavy atom. The molecule has 0 unspecified atom stereocenters. The fourth-order valence-electron chi connectivity index (χ4n) is 3.30. The average Bonchev–Trinajstić information content (AvgIpc) is 3.13. The zero-order chi connectivity index (χ0) is 19.7. The second-order valence-electron chi connectivity index (χ2n) is 6.85. The molecule has 28 heavy (non-hydrogen) atoms. The van der Waals surface area contributed by atoms with Gasteiger partial charge < -0.3 is 20.1 Å². The van der Waals surface area contributed by atoms with Crippen LogP contribution >= 0.6 is 0 Å². The van der Waals surface area contributed by atoms with Gasteiger partial charge in [0, 0.05) is 17.4 Å². The van der Waals surface area contributed by atoms with Gasteiger partial charge in [-0.15, -0.1) is 0 Å². The Morgan fingerprint density at radius 3 is 2.36 bits per heavy atom. The molecule has 2 N–H and O–H groups in total. The molecule has 0 bridgehead atoms. The molecule has 1 aromatic heterocycles. The van der Waals surface area contributed by atoms with Gasteiger partial charge in [0.05, 0.1) is 11.9 Å². The number of pyridine rings is 1. The van der Waals surface area contributed by atoms with E-state index < -0.39 is 0 Å². The van der Waals surface area contributed by atoms with Gasteiger partial charge >= 0.3 is 0 Å². The third-order valence-electron chi connectivity index (χ3n) is 4.57. The Hall–Kier alpha value is -3.54. The summed E-state index contributed by atoms with van der Waals surface area (Å²) in [6, 6.07) is 13.2. The zero-order valence-corrected chi connectivity index (χ0v) is 16.0. The highest BCUT2D eigenvalue weighted by molar-refractivity contribution is 6.03. The van der Waals surface area contributed by atoms with Crippen LogP contribution in [0.15, 0.2) is 48.7 Å². The van der Waals surface area contributed by atoms with E-state index in [0.717, 1.165) is 33.9 Å². The minimum Gasteiger partial charge on any atom is -0.454 e. The first kappa shape index (κ1) is 17.9. The van der Waals surface area contributed by atoms with Gasteiger partial charge in [0.1, 0.15) is 5.69 Å². The monoisotopic (exact) mass is 375 g/mol. The van der Waals surface area contributed by atoms with Crippen molar-refractivity contribution in [2.24, 2.45) is 0 Å². The fourth-order valence-corrected chi connectivity index (χ4v) is 3.30. The van der Waals surface area contributed by atoms with Gasteiger partial charge in [-0.1, -0.05) is 17.7 Å². The van der Waals surface area contributed by atoms with Crippen LogP contribution in [0.5, 0.6) is 11.5 Å². The molecule has 1 aliphatic heterocycles. The van der Waals surface area contributed by atoms with E-state index in [2.05, 4.69) is 27.8 Å². The van der Waals surface area contributed by atoms with Crippen LogP contribution in [0.25, 0.3) is 0 Å². The maximum Gasteiger partial charge on any atom is 0.274 e. The standard InChI is InChI=1S/C22H21N3O3/c1-13-8-14(2)21(15(3)9-13)25-22(26)18-6-4-17(11-23-18)24-16-5-7-19-20(10-16)28-12-27-19/h4-11,24H,12H2,1-3H3,(H,25,26). The zero-order valence-electron chi connectivity index (χ0n) is 16.0. The number of benzene rings is 2. The Kier molecular flexibility index (Phi) is 4.61. The van der Waals surface area contributed by atoms with Crippen LogP contribution < -0.4 is 20.1 Å². The molecule has 0 aliphatic carbocycles. The summed E-state index contributed by atoms with van der Waals surface area (Å²) in [6.07, 6.45) is 1.63. The van der Waals surface area contributed by atoms with Crippen molar-refractivity contribution < 1.29 is 14.3 Å². The van der Waals surface area contributed by atoms with Gasteiger partial charge in [-0.2, -0.15) is 0 Å². The highest BCUT2D eigenvalue weighted by Gasteiger charge is 2.14. The summed E-state index contributed by atoms with van der Waals surface area (Å²) in [6.45, 7) is 6.26. The summed E-state index contributed by atoms with van der Waals surface area (Å²) in [5.41, 5.74) is 6.06. The highest BCUT2D eigenvalue weighted by Crippen LogP contribution is 2.35. The van der Waals surface area contributed by atoms with E-state index in [1.165, 1.54) is 5.56 Å². The molecule has 0 saturated heterocycles. The maximum atomic E-state index is 12.6. The lowest BCUT2D eigenvalue weighted by molar-refractivity contribution is 0.102. The second kappa shape index (κ2) is 7.23. The van der Waals surface area contributed by atoms with Crippen LogP contribution in [0.3, 0.4) is 0 Å². The number of nitrogens with zero attached hydrogens (tertiary/aromatic N) is 1. The fraction of sp³-hybridized carbons (Fsp3) is 0.182. The predicted molar refractivity (Wildman–Crippen MR) is 109 cm³/mol. The summed E-state index contributed by atoms with van der Waals surface area (Å²) in [5.74, 6) is 1.21. The summed E-state index contributed by atoms with van der Waals surface area (Å²) in [7, 11) is 0. The Morgan fingerprint density at radius 1 is 0.929 bits per heavy atom. The Bertz CT molecular complexity index is 1020. The van der Waals surface area contributed by atoms with Gasteiger partial charge in [0.15, 0.2) is 11.5 Å². The minimum absolute atomic E-state index is 0.232. The lowest BCUT2D eigenvalue weighted by Gasteiger charge is -2.13. The predicted octanol–water partition coefficient (Wildman–Crippen LogP) is 4.73. The molecule has 142 valence electrons. The molecular weight excluding hydrogens is 354 g/mol. The van der Waals surface area contributed by atoms with Crippen molar-refractivity contribution in [3.8, 4) is 11.5 Å². The van der Waals surface area contributed by atoms with Gasteiger partial charge in [0.25, 0.3) is 5.91 Å². The Labute approximate surface area is 163 Å². The molecule has 0 radical (unpaired) electrons. The number of hydrogen-bond donors (Lipinski definition) is 2. The second-order valence-corrected chi connectivity index (χ2v) is 6.85. The Balaban J connectivity index is 1.46. The number of nitrogens with one attached hydrogen (secondary N) is 2. The third kappa shape index (κ3) is 3.62. The average molecular weight is 375 g/mol. The van der Waals surface area contributed by atoms with Crippen molar-refractivity contribution >= 4 is 23.0 Å². The molecule has 4 rings (SSSR count). The van der Waals surface area contributed by atoms with E-state index in [1.807, 2.05) is 45.0 Å². The smallest absolute Gasteiger partial charge is 0.274 e. The first-order valence-electron chi connectivity index (χ1n) is 9.01. The van der Waals surface area contributed by atoms with Gasteiger partial charge in [-0.3, -0.25) is 4.79 Å². The number of aryl methyl sites for hydroxylation is 3. The van der Waals surface area contributed by atoms with Gasteiger partial charge in [0.2, 0.25) is 6.79 Å². The third-order valence-corrected chi connectivity index (χ3v) is 4.57. The summed E-state index contributed by atoms with van der Waals surface area (Å²) < 4.78 is 10.7. The highest BCUT2D eigenvalue weighted by atomic mass is 16.7. The maximum absolute atomic E-state index is 12.6. The number of carbonyl (C=O) groups is 1. The molecule has 1 amide bonds. The van der Waals surface area contributed by atoms with E-state index in [-0.39, 0.29) is 12.7 Å². The quantitative estimate of drug-likeness (QED) is 0.690. The number of ether oxygens (including phenoxy) is 2. The van der Waals surface area contributed by atoms with E-state index in [4.69, 9.17) is 9.47 Å². The van der Waals surface area contributed by atoms with Gasteiger partial charge in [-0.25, -0.2) is 4.98 Å². The van der Waals surface area contributed by atoms with E-state index in [1.54, 1.807) is 12.3 Å². The van der Waals surface area contributed by atoms with Crippen molar-refractivity contribution in [3.63, 3.8) is 0 Å². The topological polar surface area (TPSA) is 72.5 Å². The molecule has 3 aromatic rings. The van der Waals surface area contributed by atoms with Crippen LogP contribution in [0.2, 0.25) is 0 Å². The molecule has 1 aliphatic rings. The SMILES string of the molecule is Cc1cc(C)c(NC(=O)c2ccc(Nc3ccc4c(c3)OCO4)cn2)c(C)c1. The van der Waals surface area contributed by atoms with Crippen LogP contribution in [0.4, 0.5) is 17.1 Å². The summed E-state index contributed by atoms with van der Waals surface area (Å²) in [4.78, 5) is 16.9. The summed E-state index contributed by atoms with van der Waals surface area (Å²) >= 11 is 0. The van der Waals surface area contributed by atoms with Crippen LogP contribution in [-0.4, -0.2) is 17.7 Å². The summed E-state index contributed by atoms with van der Waals surface area (Å²) in [5, 5.41) is 6.21. The molecule has 6 nitrogen and oxygen atoms in total. The molecule has 6 heteroatoms. The number of amides is 1. The van der Waals surface area contributed by atoms with Crippen LogP contribution in [0, 0.1) is 20.8 Å². The molecule has 2 heterocycles. The number of anilines is 3. The van der Waals surface area contributed by atoms with Crippen LogP contribution in [-0.2, 0) is 0 Å². The molecule has 0 atom stereocenters. The first-order valence-corrected chi connectivity index (χ1v) is 9.01. The molecule has 0 spiro atoms. The van der Waals surface area contributed by atoms with E-state index in [0.29, 0.717) is 11.4 Å². The van der Waals surface area contributed by atoms with E-state index >= 15 is 0 Å². The number of fused-ring (bicyclic) bond motifs is 1. The van der Waals surface area contributed by atoms with Crippen molar-refractivity contribution in [3.05, 3.63) is 71.0 Å². The number of aromatic nitrogens is 1. The molecule has 2 aromatic carbocycles. The number of carbonyl (C=O) groups excluding carboxylic acids is 1. The lowest BCUT2D eigenvalue weighted by atomic mass is 10.0. The van der Waals surface area contributed by atoms with Crippen LogP contribution in [0.1, 0.15) is 27.2 Å². The minimum atomic E-state index is -0.232. The largest absolute Gasteiger partial charge is 0.454 e. The number of rotatable bonds is 4. The molecular formula is C22H21N3O3. The molecule has 0 saturated carbocycles. The van der Waals surface area contributed by atoms with Gasteiger partial charge in [-0.05, 0) is 56.2 Å². The molecule has 0 fully saturated rings. The number of hydrogen-bond acceptors (Lipinski definition) is 5. The normalized spacial score (nSPS) is 12.0. The van der Waals surface area contributed by atoms with Crippen molar-refractivity contribution in [1.29, 1.82) is 0 Å². The van der Waals surface area contributed by atoms with Crippen molar-refractivity contribution in [2.45, 2.75) is 20.8 Å². The first-order chi connectivity index (χ1) is 13.5. The van der Waals surface area contributed by atoms with Crippen molar-refractivity contribution in [2.75, 3.05) is 17.4 Å². The lowest BCUT2D eigenvalue weighted by Crippen LogP contribution is -2.15. The van der Waals surface area contributed by atoms with E-state index in [9.17, 15) is 4.79 Å².